The summed E-state index contributed by atoms with van der Waals surface area (Å²) in [6.45, 7) is 2.57. The van der Waals surface area contributed by atoms with Gasteiger partial charge in [0.05, 0.1) is 24.8 Å². The number of likely N-dealkylation sites (N-methyl/N-ethyl adjacent to an activating group) is 1. The first-order chi connectivity index (χ1) is 21.5. The third-order valence-electron chi connectivity index (χ3n) is 8.20. The fraction of sp³-hybridized carbons (Fsp3) is 0.265. The minimum atomic E-state index is -0.452. The van der Waals surface area contributed by atoms with Crippen LogP contribution in [0.2, 0.25) is 0 Å². The number of anilines is 2. The summed E-state index contributed by atoms with van der Waals surface area (Å²) in [6.07, 6.45) is 8.13. The van der Waals surface area contributed by atoms with Crippen molar-refractivity contribution in [3.63, 3.8) is 0 Å². The molecule has 1 fully saturated rings. The number of hydrogen-bond donors (Lipinski definition) is 1. The summed E-state index contributed by atoms with van der Waals surface area (Å²) in [5.74, 6) is 0.636. The average Bonchev–Trinajstić information content (AvgIpc) is 3.75. The molecule has 44 heavy (non-hydrogen) atoms. The minimum absolute atomic E-state index is 0.0309. The summed E-state index contributed by atoms with van der Waals surface area (Å²) in [5.41, 5.74) is 4.02. The molecule has 1 saturated heterocycles. The van der Waals surface area contributed by atoms with E-state index in [1.165, 1.54) is 11.0 Å². The summed E-state index contributed by atoms with van der Waals surface area (Å²) in [4.78, 5) is 43.5. The molecule has 4 heterocycles. The highest BCUT2D eigenvalue weighted by Crippen LogP contribution is 2.30. The number of rotatable bonds is 8. The fourth-order valence-corrected chi connectivity index (χ4v) is 5.83. The smallest absolute Gasteiger partial charge is 0.263 e. The number of fused-ring (bicyclic) bond motifs is 1. The van der Waals surface area contributed by atoms with Crippen LogP contribution in [0.25, 0.3) is 16.6 Å². The molecule has 1 unspecified atom stereocenters. The summed E-state index contributed by atoms with van der Waals surface area (Å²) >= 11 is 0. The molecule has 0 radical (unpaired) electrons. The van der Waals surface area contributed by atoms with Gasteiger partial charge in [-0.05, 0) is 55.6 Å². The van der Waals surface area contributed by atoms with E-state index in [0.717, 1.165) is 49.2 Å². The van der Waals surface area contributed by atoms with E-state index in [-0.39, 0.29) is 24.0 Å². The van der Waals surface area contributed by atoms with Gasteiger partial charge < -0.3 is 19.4 Å². The molecule has 1 aliphatic carbocycles. The van der Waals surface area contributed by atoms with Gasteiger partial charge in [0.25, 0.3) is 5.56 Å². The van der Waals surface area contributed by atoms with Gasteiger partial charge in [0, 0.05) is 35.9 Å². The van der Waals surface area contributed by atoms with E-state index in [1.807, 2.05) is 30.3 Å². The van der Waals surface area contributed by atoms with Crippen molar-refractivity contribution in [2.45, 2.75) is 31.9 Å². The van der Waals surface area contributed by atoms with Crippen molar-refractivity contribution in [2.75, 3.05) is 32.1 Å². The third-order valence-corrected chi connectivity index (χ3v) is 8.20. The normalized spacial score (nSPS) is 17.1. The second-order valence-corrected chi connectivity index (χ2v) is 11.2. The van der Waals surface area contributed by atoms with Crippen LogP contribution in [0.4, 0.5) is 11.6 Å². The zero-order valence-electron chi connectivity index (χ0n) is 24.4. The van der Waals surface area contributed by atoms with E-state index >= 15 is 0 Å². The zero-order valence-corrected chi connectivity index (χ0v) is 24.4. The highest BCUT2D eigenvalue weighted by Gasteiger charge is 2.23. The lowest BCUT2D eigenvalue weighted by atomic mass is 10.0. The van der Waals surface area contributed by atoms with Crippen LogP contribution in [0.5, 0.6) is 0 Å². The lowest BCUT2D eigenvalue weighted by Crippen LogP contribution is -2.35. The molecule has 1 N–H and O–H groups in total. The van der Waals surface area contributed by atoms with Crippen molar-refractivity contribution in [1.29, 1.82) is 0 Å². The van der Waals surface area contributed by atoms with Gasteiger partial charge in [-0.25, -0.2) is 9.97 Å². The number of pyridine rings is 1. The highest BCUT2D eigenvalue weighted by atomic mass is 16.5. The Kier molecular flexibility index (Phi) is 7.59. The maximum absolute atomic E-state index is 14.0. The molecular formula is C34H32N6O4. The van der Waals surface area contributed by atoms with Crippen molar-refractivity contribution < 1.29 is 13.9 Å². The molecule has 2 aliphatic rings. The lowest BCUT2D eigenvalue weighted by Gasteiger charge is -2.30. The number of allylic oxidation sites excluding steroid dienone is 2. The maximum atomic E-state index is 14.0. The molecule has 10 nitrogen and oxygen atoms in total. The van der Waals surface area contributed by atoms with E-state index in [4.69, 9.17) is 14.1 Å². The van der Waals surface area contributed by atoms with Crippen LogP contribution in [0.1, 0.15) is 58.3 Å². The predicted octanol–water partition coefficient (Wildman–Crippen LogP) is 5.37. The third kappa shape index (κ3) is 5.57. The molecular weight excluding hydrogens is 556 g/mol. The molecule has 0 saturated carbocycles. The van der Waals surface area contributed by atoms with E-state index in [2.05, 4.69) is 33.3 Å². The lowest BCUT2D eigenvalue weighted by molar-refractivity contribution is -0.0208. The highest BCUT2D eigenvalue weighted by molar-refractivity contribution is 6.10. The Morgan fingerprint density at radius 1 is 1.09 bits per heavy atom. The molecule has 1 atom stereocenters. The van der Waals surface area contributed by atoms with E-state index < -0.39 is 5.56 Å². The molecule has 1 aliphatic heterocycles. The average molecular weight is 589 g/mol. The van der Waals surface area contributed by atoms with Gasteiger partial charge in [-0.1, -0.05) is 48.5 Å². The standard InChI is InChI=1S/C34H32N6O4/c1-39-15-16-43-29(20-39)22-11-13-26(14-12-22)37-34-35-18-25-17-27(30(41)23-7-3-2-4-8-23)33(42)40(32(25)38-34)19-28-31(44-21-36-28)24-9-5-6-10-24/h2-4,7-9,11-14,17-18,21,29H,5-6,10,15-16,19-20H2,1H3,(H,35,37,38). The second kappa shape index (κ2) is 12.0. The fourth-order valence-electron chi connectivity index (χ4n) is 5.83. The van der Waals surface area contributed by atoms with Gasteiger partial charge in [0.1, 0.15) is 11.3 Å². The summed E-state index contributed by atoms with van der Waals surface area (Å²) in [6, 6.07) is 18.4. The van der Waals surface area contributed by atoms with Crippen molar-refractivity contribution in [3.8, 4) is 0 Å². The van der Waals surface area contributed by atoms with Crippen LogP contribution in [0, 0.1) is 0 Å². The molecule has 0 amide bonds. The Morgan fingerprint density at radius 2 is 1.93 bits per heavy atom. The molecule has 5 aromatic rings. The number of nitrogens with one attached hydrogen (secondary N) is 1. The van der Waals surface area contributed by atoms with E-state index in [9.17, 15) is 9.59 Å². The number of hydrogen-bond acceptors (Lipinski definition) is 9. The van der Waals surface area contributed by atoms with Crippen LogP contribution in [-0.2, 0) is 11.3 Å². The molecule has 222 valence electrons. The number of benzene rings is 2. The Labute approximate surface area is 254 Å². The first-order valence-electron chi connectivity index (χ1n) is 14.8. The van der Waals surface area contributed by atoms with Gasteiger partial charge in [-0.15, -0.1) is 0 Å². The monoisotopic (exact) mass is 588 g/mol. The topological polar surface area (TPSA) is 115 Å². The SMILES string of the molecule is CN1CCOC(c2ccc(Nc3ncc4cc(C(=O)c5ccccc5)c(=O)n(Cc5ncoc5C5=CCCC5)c4n3)cc2)C1. The van der Waals surface area contributed by atoms with Crippen molar-refractivity contribution in [2.24, 2.45) is 0 Å². The Hall–Kier alpha value is -4.93. The van der Waals surface area contributed by atoms with Crippen molar-refractivity contribution >= 4 is 34.0 Å². The Balaban J connectivity index is 1.25. The van der Waals surface area contributed by atoms with Crippen LogP contribution in [-0.4, -0.2) is 56.9 Å². The molecule has 7 rings (SSSR count). The van der Waals surface area contributed by atoms with Gasteiger partial charge in [0.2, 0.25) is 5.95 Å². The second-order valence-electron chi connectivity index (χ2n) is 11.2. The summed E-state index contributed by atoms with van der Waals surface area (Å²) in [7, 11) is 2.10. The predicted molar refractivity (Wildman–Crippen MR) is 167 cm³/mol. The zero-order chi connectivity index (χ0) is 30.0. The van der Waals surface area contributed by atoms with Gasteiger partial charge in [0.15, 0.2) is 17.9 Å². The van der Waals surface area contributed by atoms with Crippen molar-refractivity contribution in [3.05, 3.63) is 118 Å². The molecule has 3 aromatic heterocycles. The first-order valence-corrected chi connectivity index (χ1v) is 14.8. The van der Waals surface area contributed by atoms with Crippen LogP contribution >= 0.6 is 0 Å². The summed E-state index contributed by atoms with van der Waals surface area (Å²) < 4.78 is 13.2. The first kappa shape index (κ1) is 27.9. The number of ether oxygens (including phenoxy) is 1. The summed E-state index contributed by atoms with van der Waals surface area (Å²) in [5, 5.41) is 3.82. The van der Waals surface area contributed by atoms with Crippen LogP contribution < -0.4 is 10.9 Å². The number of aromatic nitrogens is 4. The number of ketones is 1. The number of carbonyl (C=O) groups excluding carboxylic acids is 1. The van der Waals surface area contributed by atoms with Gasteiger partial charge in [-0.3, -0.25) is 14.2 Å². The number of nitrogens with zero attached hydrogens (tertiary/aromatic N) is 5. The molecule has 0 spiro atoms. The Bertz CT molecular complexity index is 1910. The quantitative estimate of drug-likeness (QED) is 0.239. The minimum Gasteiger partial charge on any atom is -0.443 e. The van der Waals surface area contributed by atoms with Crippen molar-refractivity contribution in [1.82, 2.24) is 24.4 Å². The number of oxazole rings is 1. The molecule has 2 aromatic carbocycles. The molecule has 10 heteroatoms. The van der Waals surface area contributed by atoms with Gasteiger partial charge in [-0.2, -0.15) is 4.98 Å². The van der Waals surface area contributed by atoms with E-state index in [0.29, 0.717) is 40.6 Å². The Morgan fingerprint density at radius 3 is 2.70 bits per heavy atom. The van der Waals surface area contributed by atoms with Crippen LogP contribution in [0.3, 0.4) is 0 Å². The van der Waals surface area contributed by atoms with Gasteiger partial charge >= 0.3 is 0 Å². The molecule has 0 bridgehead atoms. The van der Waals surface area contributed by atoms with Crippen LogP contribution in [0.15, 0.2) is 88.5 Å². The number of carbonyl (C=O) groups is 1. The maximum Gasteiger partial charge on any atom is 0.263 e. The van der Waals surface area contributed by atoms with E-state index in [1.54, 1.807) is 36.5 Å². The largest absolute Gasteiger partial charge is 0.443 e. The number of morpholine rings is 1.